The van der Waals surface area contributed by atoms with Gasteiger partial charge < -0.3 is 25.4 Å². The summed E-state index contributed by atoms with van der Waals surface area (Å²) in [6.45, 7) is 9.87. The molecule has 3 amide bonds. The maximum Gasteiger partial charge on any atom is 0.408 e. The van der Waals surface area contributed by atoms with Crippen molar-refractivity contribution in [3.05, 3.63) is 71.8 Å². The van der Waals surface area contributed by atoms with Gasteiger partial charge in [-0.3, -0.25) is 14.4 Å². The molecule has 0 aromatic heterocycles. The van der Waals surface area contributed by atoms with E-state index in [0.29, 0.717) is 25.9 Å². The number of rotatable bonds is 15. The number of amides is 3. The summed E-state index contributed by atoms with van der Waals surface area (Å²) < 4.78 is 10.7. The average molecular weight is 566 g/mol. The zero-order valence-electron chi connectivity index (χ0n) is 24.6. The molecule has 9 heteroatoms. The van der Waals surface area contributed by atoms with Crippen molar-refractivity contribution in [1.82, 2.24) is 16.0 Å². The summed E-state index contributed by atoms with van der Waals surface area (Å²) in [5, 5.41) is 8.38. The van der Waals surface area contributed by atoms with Gasteiger partial charge in [0.25, 0.3) is 0 Å². The van der Waals surface area contributed by atoms with Gasteiger partial charge in [-0.25, -0.2) is 4.79 Å². The molecular weight excluding hydrogens is 522 g/mol. The monoisotopic (exact) mass is 565 g/mol. The minimum atomic E-state index is -0.921. The Labute approximate surface area is 242 Å². The van der Waals surface area contributed by atoms with Crippen LogP contribution in [0.4, 0.5) is 4.79 Å². The minimum Gasteiger partial charge on any atom is -0.445 e. The van der Waals surface area contributed by atoms with Gasteiger partial charge in [-0.15, -0.1) is 0 Å². The lowest BCUT2D eigenvalue weighted by Crippen LogP contribution is -2.57. The predicted molar refractivity (Wildman–Crippen MR) is 156 cm³/mol. The summed E-state index contributed by atoms with van der Waals surface area (Å²) in [6, 6.07) is 16.1. The molecule has 3 N–H and O–H groups in total. The molecule has 0 saturated carbocycles. The molecule has 0 radical (unpaired) electrons. The molecule has 1 aliphatic rings. The van der Waals surface area contributed by atoms with Crippen LogP contribution in [0.3, 0.4) is 0 Å². The number of benzene rings is 2. The Balaban J connectivity index is 1.70. The highest BCUT2D eigenvalue weighted by Crippen LogP contribution is 2.29. The Morgan fingerprint density at radius 1 is 0.756 bits per heavy atom. The SMILES string of the molecule is CC(C)CC(NC(=O)OCc1ccccc1)C(=O)NC(CC(C)C)C(=O)NC(Cc1ccccc1)C(=O)C1(C)CO1. The number of ether oxygens (including phenoxy) is 2. The number of carbonyl (C=O) groups excluding carboxylic acids is 4. The van der Waals surface area contributed by atoms with Gasteiger partial charge in [-0.05, 0) is 49.1 Å². The topological polar surface area (TPSA) is 126 Å². The van der Waals surface area contributed by atoms with Gasteiger partial charge in [0, 0.05) is 0 Å². The van der Waals surface area contributed by atoms with Crippen molar-refractivity contribution in [3.63, 3.8) is 0 Å². The third-order valence-corrected chi connectivity index (χ3v) is 6.88. The van der Waals surface area contributed by atoms with Gasteiger partial charge in [-0.2, -0.15) is 0 Å². The lowest BCUT2D eigenvalue weighted by molar-refractivity contribution is -0.133. The number of Topliss-reactive ketones (excluding diaryl/α,β-unsaturated/α-hetero) is 1. The highest BCUT2D eigenvalue weighted by Gasteiger charge is 2.50. The van der Waals surface area contributed by atoms with Crippen molar-refractivity contribution in [3.8, 4) is 0 Å². The molecule has 9 nitrogen and oxygen atoms in total. The lowest BCUT2D eigenvalue weighted by atomic mass is 9.94. The highest BCUT2D eigenvalue weighted by molar-refractivity contribution is 5.98. The smallest absolute Gasteiger partial charge is 0.408 e. The normalized spacial score (nSPS) is 18.2. The molecule has 0 bridgehead atoms. The Morgan fingerprint density at radius 3 is 1.71 bits per heavy atom. The van der Waals surface area contributed by atoms with Gasteiger partial charge >= 0.3 is 6.09 Å². The average Bonchev–Trinajstić information content (AvgIpc) is 3.69. The second-order valence-corrected chi connectivity index (χ2v) is 11.7. The standard InChI is InChI=1S/C32H43N3O6/c1-21(2)16-26(29(37)33-25(28(36)32(5)20-41-32)18-23-12-8-6-9-13-23)34-30(38)27(17-22(3)4)35-31(39)40-19-24-14-10-7-11-15-24/h6-15,21-22,25-27H,16-20H2,1-5H3,(H,33,37)(H,34,38)(H,35,39). The summed E-state index contributed by atoms with van der Waals surface area (Å²) in [4.78, 5) is 52.8. The largest absolute Gasteiger partial charge is 0.445 e. The van der Waals surface area contributed by atoms with E-state index in [1.807, 2.05) is 88.4 Å². The van der Waals surface area contributed by atoms with Crippen LogP contribution in [-0.4, -0.2) is 54.0 Å². The van der Waals surface area contributed by atoms with Crippen molar-refractivity contribution in [1.29, 1.82) is 0 Å². The van der Waals surface area contributed by atoms with Crippen molar-refractivity contribution in [2.24, 2.45) is 11.8 Å². The van der Waals surface area contributed by atoms with E-state index in [0.717, 1.165) is 11.1 Å². The Hall–Kier alpha value is -3.72. The van der Waals surface area contributed by atoms with Crippen LogP contribution < -0.4 is 16.0 Å². The summed E-state index contributed by atoms with van der Waals surface area (Å²) in [5.74, 6) is -0.986. The van der Waals surface area contributed by atoms with Crippen LogP contribution >= 0.6 is 0 Å². The molecule has 222 valence electrons. The second kappa shape index (κ2) is 14.8. The fourth-order valence-corrected chi connectivity index (χ4v) is 4.54. The Kier molecular flexibility index (Phi) is 11.5. The fourth-order valence-electron chi connectivity index (χ4n) is 4.54. The van der Waals surface area contributed by atoms with E-state index in [1.54, 1.807) is 6.92 Å². The number of nitrogens with one attached hydrogen (secondary N) is 3. The number of hydrogen-bond donors (Lipinski definition) is 3. The Morgan fingerprint density at radius 2 is 1.22 bits per heavy atom. The molecular formula is C32H43N3O6. The molecule has 2 aromatic carbocycles. The highest BCUT2D eigenvalue weighted by atomic mass is 16.6. The quantitative estimate of drug-likeness (QED) is 0.281. The zero-order valence-corrected chi connectivity index (χ0v) is 24.6. The first-order chi connectivity index (χ1) is 19.5. The third kappa shape index (κ3) is 10.3. The van der Waals surface area contributed by atoms with Crippen molar-refractivity contribution >= 4 is 23.7 Å². The van der Waals surface area contributed by atoms with E-state index < -0.39 is 41.6 Å². The fraction of sp³-hybridized carbons (Fsp3) is 0.500. The number of epoxide rings is 1. The first-order valence-electron chi connectivity index (χ1n) is 14.3. The molecule has 1 aliphatic heterocycles. The van der Waals surface area contributed by atoms with Crippen molar-refractivity contribution in [2.45, 2.75) is 84.2 Å². The van der Waals surface area contributed by atoms with Crippen molar-refractivity contribution in [2.75, 3.05) is 6.61 Å². The summed E-state index contributed by atoms with van der Waals surface area (Å²) in [5.41, 5.74) is 0.803. The van der Waals surface area contributed by atoms with Gasteiger partial charge in [0.15, 0.2) is 5.78 Å². The molecule has 2 aromatic rings. The first-order valence-corrected chi connectivity index (χ1v) is 14.3. The zero-order chi connectivity index (χ0) is 30.0. The molecule has 1 fully saturated rings. The molecule has 4 atom stereocenters. The first kappa shape index (κ1) is 31.8. The summed E-state index contributed by atoms with van der Waals surface area (Å²) >= 11 is 0. The molecule has 41 heavy (non-hydrogen) atoms. The lowest BCUT2D eigenvalue weighted by Gasteiger charge is -2.27. The van der Waals surface area contributed by atoms with E-state index in [2.05, 4.69) is 16.0 Å². The second-order valence-electron chi connectivity index (χ2n) is 11.7. The predicted octanol–water partition coefficient (Wildman–Crippen LogP) is 3.94. The molecule has 3 rings (SSSR count). The molecule has 1 saturated heterocycles. The maximum atomic E-state index is 13.6. The number of alkyl carbamates (subject to hydrolysis) is 1. The van der Waals surface area contributed by atoms with Crippen LogP contribution in [0.2, 0.25) is 0 Å². The van der Waals surface area contributed by atoms with E-state index in [9.17, 15) is 19.2 Å². The summed E-state index contributed by atoms with van der Waals surface area (Å²) in [6.07, 6.45) is 0.292. The summed E-state index contributed by atoms with van der Waals surface area (Å²) in [7, 11) is 0. The molecule has 4 unspecified atom stereocenters. The molecule has 1 heterocycles. The van der Waals surface area contributed by atoms with Crippen LogP contribution in [0, 0.1) is 11.8 Å². The third-order valence-electron chi connectivity index (χ3n) is 6.88. The van der Waals surface area contributed by atoms with Crippen LogP contribution in [-0.2, 0) is 36.9 Å². The van der Waals surface area contributed by atoms with E-state index in [1.165, 1.54) is 0 Å². The van der Waals surface area contributed by atoms with Gasteiger partial charge in [-0.1, -0.05) is 88.4 Å². The van der Waals surface area contributed by atoms with E-state index in [4.69, 9.17) is 9.47 Å². The van der Waals surface area contributed by atoms with Crippen molar-refractivity contribution < 1.29 is 28.7 Å². The van der Waals surface area contributed by atoms with Gasteiger partial charge in [0.05, 0.1) is 12.6 Å². The van der Waals surface area contributed by atoms with Gasteiger partial charge in [0.2, 0.25) is 11.8 Å². The van der Waals surface area contributed by atoms with Crippen LogP contribution in [0.1, 0.15) is 58.6 Å². The molecule has 0 aliphatic carbocycles. The van der Waals surface area contributed by atoms with E-state index in [-0.39, 0.29) is 24.2 Å². The van der Waals surface area contributed by atoms with E-state index >= 15 is 0 Å². The Bertz CT molecular complexity index is 1160. The minimum absolute atomic E-state index is 0.0700. The van der Waals surface area contributed by atoms with Gasteiger partial charge in [0.1, 0.15) is 24.3 Å². The number of ketones is 1. The number of carbonyl (C=O) groups is 4. The molecule has 0 spiro atoms. The van der Waals surface area contributed by atoms with Crippen LogP contribution in [0.5, 0.6) is 0 Å². The maximum absolute atomic E-state index is 13.6. The van der Waals surface area contributed by atoms with Crippen LogP contribution in [0.25, 0.3) is 0 Å². The number of hydrogen-bond acceptors (Lipinski definition) is 6. The van der Waals surface area contributed by atoms with Crippen LogP contribution in [0.15, 0.2) is 60.7 Å².